The highest BCUT2D eigenvalue weighted by Crippen LogP contribution is 2.22. The van der Waals surface area contributed by atoms with Gasteiger partial charge in [0.05, 0.1) is 5.92 Å². The normalized spacial score (nSPS) is 13.2. The van der Waals surface area contributed by atoms with E-state index in [9.17, 15) is 19.5 Å². The Labute approximate surface area is 134 Å². The van der Waals surface area contributed by atoms with Crippen molar-refractivity contribution < 1.29 is 19.8 Å². The van der Waals surface area contributed by atoms with Gasteiger partial charge in [0, 0.05) is 12.1 Å². The zero-order valence-electron chi connectivity index (χ0n) is 13.6. The van der Waals surface area contributed by atoms with Crippen LogP contribution in [-0.2, 0) is 11.2 Å². The number of carbonyl (C=O) groups is 2. The first-order valence-corrected chi connectivity index (χ1v) is 7.54. The molecule has 0 aliphatic rings. The van der Waals surface area contributed by atoms with Crippen LogP contribution < -0.4 is 5.56 Å². The molecule has 1 aromatic rings. The summed E-state index contributed by atoms with van der Waals surface area (Å²) in [4.78, 5) is 36.4. The third-order valence-electron chi connectivity index (χ3n) is 3.82. The van der Waals surface area contributed by atoms with Gasteiger partial charge in [0.15, 0.2) is 0 Å². The van der Waals surface area contributed by atoms with Gasteiger partial charge in [-0.1, -0.05) is 18.6 Å². The van der Waals surface area contributed by atoms with Gasteiger partial charge in [0.25, 0.3) is 5.56 Å². The molecule has 0 fully saturated rings. The molecule has 0 aromatic carbocycles. The topological polar surface area (TPSA) is 107 Å². The predicted molar refractivity (Wildman–Crippen MR) is 86.7 cm³/mol. The van der Waals surface area contributed by atoms with E-state index in [1.54, 1.807) is 0 Å². The van der Waals surface area contributed by atoms with Gasteiger partial charge >= 0.3 is 11.9 Å². The van der Waals surface area contributed by atoms with Crippen molar-refractivity contribution in [2.45, 2.75) is 40.0 Å². The summed E-state index contributed by atoms with van der Waals surface area (Å²) >= 11 is 0. The van der Waals surface area contributed by atoms with E-state index in [1.165, 1.54) is 17.7 Å². The molecular weight excluding hydrogens is 298 g/mol. The molecule has 0 saturated carbocycles. The zero-order chi connectivity index (χ0) is 17.6. The molecule has 2 unspecified atom stereocenters. The number of hydrogen-bond donors (Lipinski definition) is 3. The standard InChI is InChI=1S/C17H23NO5/c1-10(2)5-4-6-11(3)14(17(22)23)9-12-7-8-13(16(20)21)15(19)18-12/h5,7-8,11,14H,4,6,9H2,1-3H3,(H,18,19)(H,20,21)(H,22,23). The smallest absolute Gasteiger partial charge is 0.341 e. The van der Waals surface area contributed by atoms with Gasteiger partial charge in [-0.25, -0.2) is 4.79 Å². The molecule has 0 saturated heterocycles. The fourth-order valence-electron chi connectivity index (χ4n) is 2.41. The molecule has 0 aliphatic carbocycles. The molecule has 1 aromatic heterocycles. The third-order valence-corrected chi connectivity index (χ3v) is 3.82. The number of carboxylic acid groups (broad SMARTS) is 2. The van der Waals surface area contributed by atoms with Crippen molar-refractivity contribution in [3.8, 4) is 0 Å². The maximum Gasteiger partial charge on any atom is 0.341 e. The van der Waals surface area contributed by atoms with Gasteiger partial charge in [-0.15, -0.1) is 0 Å². The summed E-state index contributed by atoms with van der Waals surface area (Å²) in [6.45, 7) is 5.86. The summed E-state index contributed by atoms with van der Waals surface area (Å²) in [5.41, 5.74) is 0.563. The molecule has 6 heteroatoms. The average molecular weight is 321 g/mol. The molecule has 126 valence electrons. The Kier molecular flexibility index (Phi) is 6.75. The van der Waals surface area contributed by atoms with Gasteiger partial charge in [-0.05, 0) is 44.7 Å². The quantitative estimate of drug-likeness (QED) is 0.638. The number of nitrogens with one attached hydrogen (secondary N) is 1. The SMILES string of the molecule is CC(C)=CCCC(C)C(Cc1ccc(C(=O)O)c(=O)[nH]1)C(=O)O. The highest BCUT2D eigenvalue weighted by Gasteiger charge is 2.25. The first-order chi connectivity index (χ1) is 10.7. The maximum atomic E-state index is 11.7. The lowest BCUT2D eigenvalue weighted by molar-refractivity contribution is -0.143. The van der Waals surface area contributed by atoms with Crippen LogP contribution in [0.1, 0.15) is 49.7 Å². The Hall–Kier alpha value is -2.37. The molecule has 23 heavy (non-hydrogen) atoms. The summed E-state index contributed by atoms with van der Waals surface area (Å²) in [5, 5.41) is 18.3. The van der Waals surface area contributed by atoms with Crippen LogP contribution in [0.15, 0.2) is 28.6 Å². The summed E-state index contributed by atoms with van der Waals surface area (Å²) in [6, 6.07) is 2.67. The van der Waals surface area contributed by atoms with Crippen LogP contribution in [0.5, 0.6) is 0 Å². The Morgan fingerprint density at radius 3 is 2.39 bits per heavy atom. The first-order valence-electron chi connectivity index (χ1n) is 7.54. The van der Waals surface area contributed by atoms with E-state index in [2.05, 4.69) is 11.1 Å². The number of allylic oxidation sites excluding steroid dienone is 2. The largest absolute Gasteiger partial charge is 0.481 e. The number of aromatic nitrogens is 1. The first kappa shape index (κ1) is 18.7. The highest BCUT2D eigenvalue weighted by atomic mass is 16.4. The van der Waals surface area contributed by atoms with Crippen LogP contribution in [0.25, 0.3) is 0 Å². The summed E-state index contributed by atoms with van der Waals surface area (Å²) in [5.74, 6) is -2.92. The van der Waals surface area contributed by atoms with E-state index in [4.69, 9.17) is 5.11 Å². The maximum absolute atomic E-state index is 11.7. The Balaban J connectivity index is 2.86. The minimum atomic E-state index is -1.30. The third kappa shape index (κ3) is 5.73. The Morgan fingerprint density at radius 2 is 1.91 bits per heavy atom. The minimum absolute atomic E-state index is 0.0641. The lowest BCUT2D eigenvalue weighted by atomic mass is 9.86. The van der Waals surface area contributed by atoms with Gasteiger partial charge in [-0.2, -0.15) is 0 Å². The molecule has 0 amide bonds. The minimum Gasteiger partial charge on any atom is -0.481 e. The molecule has 3 N–H and O–H groups in total. The van der Waals surface area contributed by atoms with Crippen LogP contribution in [0, 0.1) is 11.8 Å². The number of aliphatic carboxylic acids is 1. The molecule has 0 aliphatic heterocycles. The fourth-order valence-corrected chi connectivity index (χ4v) is 2.41. The van der Waals surface area contributed by atoms with Crippen molar-refractivity contribution in [2.24, 2.45) is 11.8 Å². The number of H-pyrrole nitrogens is 1. The predicted octanol–water partition coefficient (Wildman–Crippen LogP) is 2.70. The molecule has 0 spiro atoms. The molecule has 1 rings (SSSR count). The summed E-state index contributed by atoms with van der Waals surface area (Å²) in [7, 11) is 0. The van der Waals surface area contributed by atoms with Crippen molar-refractivity contribution in [2.75, 3.05) is 0 Å². The van der Waals surface area contributed by atoms with E-state index >= 15 is 0 Å². The second-order valence-corrected chi connectivity index (χ2v) is 6.02. The molecule has 0 bridgehead atoms. The Morgan fingerprint density at radius 1 is 1.26 bits per heavy atom. The zero-order valence-corrected chi connectivity index (χ0v) is 13.6. The van der Waals surface area contributed by atoms with Crippen molar-refractivity contribution in [1.29, 1.82) is 0 Å². The van der Waals surface area contributed by atoms with Crippen molar-refractivity contribution in [3.05, 3.63) is 45.4 Å². The van der Waals surface area contributed by atoms with Crippen LogP contribution >= 0.6 is 0 Å². The van der Waals surface area contributed by atoms with Crippen molar-refractivity contribution >= 4 is 11.9 Å². The Bertz CT molecular complexity index is 655. The average Bonchev–Trinajstić information content (AvgIpc) is 2.43. The summed E-state index contributed by atoms with van der Waals surface area (Å²) in [6.07, 6.45) is 3.78. The number of carboxylic acids is 2. The lowest BCUT2D eigenvalue weighted by Crippen LogP contribution is -2.26. The van der Waals surface area contributed by atoms with E-state index in [-0.39, 0.29) is 17.9 Å². The number of aromatic carboxylic acids is 1. The molecule has 6 nitrogen and oxygen atoms in total. The van der Waals surface area contributed by atoms with E-state index < -0.39 is 23.4 Å². The van der Waals surface area contributed by atoms with Crippen molar-refractivity contribution in [3.63, 3.8) is 0 Å². The molecule has 0 radical (unpaired) electrons. The van der Waals surface area contributed by atoms with Crippen molar-refractivity contribution in [1.82, 2.24) is 4.98 Å². The van der Waals surface area contributed by atoms with Crippen LogP contribution in [0.2, 0.25) is 0 Å². The number of pyridine rings is 1. The second-order valence-electron chi connectivity index (χ2n) is 6.02. The second kappa shape index (κ2) is 8.31. The van der Waals surface area contributed by atoms with Gasteiger partial charge in [0.2, 0.25) is 0 Å². The molecule has 1 heterocycles. The fraction of sp³-hybridized carbons (Fsp3) is 0.471. The number of rotatable bonds is 8. The highest BCUT2D eigenvalue weighted by molar-refractivity contribution is 5.87. The van der Waals surface area contributed by atoms with Gasteiger partial charge < -0.3 is 15.2 Å². The molecular formula is C17H23NO5. The van der Waals surface area contributed by atoms with Crippen LogP contribution in [0.3, 0.4) is 0 Å². The van der Waals surface area contributed by atoms with Crippen LogP contribution in [0.4, 0.5) is 0 Å². The van der Waals surface area contributed by atoms with Gasteiger partial charge in [0.1, 0.15) is 5.56 Å². The summed E-state index contributed by atoms with van der Waals surface area (Å²) < 4.78 is 0. The number of aromatic amines is 1. The van der Waals surface area contributed by atoms with E-state index in [0.717, 1.165) is 12.8 Å². The van der Waals surface area contributed by atoms with E-state index in [1.807, 2.05) is 20.8 Å². The number of hydrogen-bond acceptors (Lipinski definition) is 3. The van der Waals surface area contributed by atoms with Gasteiger partial charge in [-0.3, -0.25) is 9.59 Å². The van der Waals surface area contributed by atoms with E-state index in [0.29, 0.717) is 5.69 Å². The monoisotopic (exact) mass is 321 g/mol. The van der Waals surface area contributed by atoms with Crippen LogP contribution in [-0.4, -0.2) is 27.1 Å². The lowest BCUT2D eigenvalue weighted by Gasteiger charge is -2.19. The molecule has 2 atom stereocenters.